The minimum atomic E-state index is -0.322. The summed E-state index contributed by atoms with van der Waals surface area (Å²) in [5.74, 6) is 0. The molecule has 0 aliphatic heterocycles. The highest BCUT2D eigenvalue weighted by atomic mass is 79.9. The van der Waals surface area contributed by atoms with Gasteiger partial charge in [-0.2, -0.15) is 0 Å². The molecule has 5 heteroatoms. The quantitative estimate of drug-likeness (QED) is 0.888. The molecule has 1 aromatic heterocycles. The van der Waals surface area contributed by atoms with Gasteiger partial charge in [-0.05, 0) is 22.9 Å². The highest BCUT2D eigenvalue weighted by molar-refractivity contribution is 9.10. The van der Waals surface area contributed by atoms with Crippen molar-refractivity contribution < 1.29 is 5.11 Å². The van der Waals surface area contributed by atoms with Gasteiger partial charge in [0, 0.05) is 19.0 Å². The molecule has 0 saturated carbocycles. The molecule has 0 aliphatic carbocycles. The van der Waals surface area contributed by atoms with Gasteiger partial charge in [-0.1, -0.05) is 0 Å². The van der Waals surface area contributed by atoms with Crippen molar-refractivity contribution >= 4 is 32.4 Å². The second kappa shape index (κ2) is 4.20. The van der Waals surface area contributed by atoms with E-state index in [1.165, 1.54) is 0 Å². The van der Waals surface area contributed by atoms with Crippen LogP contribution in [-0.2, 0) is 0 Å². The number of likely N-dealkylation sites (N-methyl/N-ethyl adjacent to an activating group) is 1. The van der Waals surface area contributed by atoms with Crippen molar-refractivity contribution in [3.63, 3.8) is 0 Å². The molecular weight excluding hydrogens is 240 g/mol. The third-order valence-corrected chi connectivity index (χ3v) is 2.99. The van der Waals surface area contributed by atoms with Crippen LogP contribution in [0, 0.1) is 0 Å². The molecule has 1 N–H and O–H groups in total. The van der Waals surface area contributed by atoms with E-state index in [-0.39, 0.29) is 6.10 Å². The third kappa shape index (κ3) is 2.73. The van der Waals surface area contributed by atoms with E-state index in [2.05, 4.69) is 20.9 Å². The lowest BCUT2D eigenvalue weighted by atomic mass is 10.4. The summed E-state index contributed by atoms with van der Waals surface area (Å²) in [6.07, 6.45) is -0.322. The van der Waals surface area contributed by atoms with Crippen LogP contribution < -0.4 is 4.90 Å². The standard InChI is InChI=1S/C7H11BrN2OS/c1-5(11)3-10(2)7-9-6(8)4-12-7/h4-5,11H,3H2,1-2H3. The van der Waals surface area contributed by atoms with Crippen LogP contribution in [0.3, 0.4) is 0 Å². The topological polar surface area (TPSA) is 36.4 Å². The molecule has 1 atom stereocenters. The van der Waals surface area contributed by atoms with Crippen LogP contribution in [-0.4, -0.2) is 29.8 Å². The largest absolute Gasteiger partial charge is 0.392 e. The Hall–Kier alpha value is -0.130. The second-order valence-electron chi connectivity index (χ2n) is 2.68. The Morgan fingerprint density at radius 3 is 2.92 bits per heavy atom. The molecule has 12 heavy (non-hydrogen) atoms. The zero-order valence-corrected chi connectivity index (χ0v) is 9.39. The Morgan fingerprint density at radius 2 is 2.50 bits per heavy atom. The van der Waals surface area contributed by atoms with Crippen molar-refractivity contribution in [2.45, 2.75) is 13.0 Å². The van der Waals surface area contributed by atoms with Crippen molar-refractivity contribution in [3.05, 3.63) is 9.98 Å². The number of aliphatic hydroxyl groups excluding tert-OH is 1. The van der Waals surface area contributed by atoms with E-state index in [0.29, 0.717) is 6.54 Å². The van der Waals surface area contributed by atoms with Gasteiger partial charge in [0.05, 0.1) is 6.10 Å². The first-order valence-corrected chi connectivity index (χ1v) is 5.27. The molecule has 1 unspecified atom stereocenters. The molecule has 68 valence electrons. The molecule has 0 fully saturated rings. The molecule has 1 rings (SSSR count). The van der Waals surface area contributed by atoms with Gasteiger partial charge in [0.2, 0.25) is 0 Å². The van der Waals surface area contributed by atoms with Crippen LogP contribution >= 0.6 is 27.3 Å². The van der Waals surface area contributed by atoms with E-state index >= 15 is 0 Å². The average molecular weight is 251 g/mol. The summed E-state index contributed by atoms with van der Waals surface area (Å²) >= 11 is 4.83. The van der Waals surface area contributed by atoms with Crippen LogP contribution in [0.1, 0.15) is 6.92 Å². The van der Waals surface area contributed by atoms with Crippen LogP contribution in [0.25, 0.3) is 0 Å². The molecule has 3 nitrogen and oxygen atoms in total. The summed E-state index contributed by atoms with van der Waals surface area (Å²) in [7, 11) is 1.91. The molecule has 0 spiro atoms. The Kier molecular flexibility index (Phi) is 3.49. The van der Waals surface area contributed by atoms with E-state index in [4.69, 9.17) is 5.11 Å². The van der Waals surface area contributed by atoms with Gasteiger partial charge in [0.1, 0.15) is 4.60 Å². The Balaban J connectivity index is 2.58. The van der Waals surface area contributed by atoms with Gasteiger partial charge in [-0.15, -0.1) is 11.3 Å². The molecule has 0 radical (unpaired) electrons. The van der Waals surface area contributed by atoms with Crippen LogP contribution in [0.4, 0.5) is 5.13 Å². The van der Waals surface area contributed by atoms with E-state index < -0.39 is 0 Å². The molecule has 0 bridgehead atoms. The second-order valence-corrected chi connectivity index (χ2v) is 4.33. The SMILES string of the molecule is CC(O)CN(C)c1nc(Br)cs1. The predicted molar refractivity (Wildman–Crippen MR) is 54.8 cm³/mol. The molecule has 0 aromatic carbocycles. The first-order valence-electron chi connectivity index (χ1n) is 3.60. The minimum Gasteiger partial charge on any atom is -0.392 e. The lowest BCUT2D eigenvalue weighted by Crippen LogP contribution is -2.26. The Labute approximate surface area is 84.2 Å². The van der Waals surface area contributed by atoms with Gasteiger partial charge >= 0.3 is 0 Å². The zero-order valence-electron chi connectivity index (χ0n) is 6.99. The first-order chi connectivity index (χ1) is 5.59. The van der Waals surface area contributed by atoms with Crippen LogP contribution in [0.5, 0.6) is 0 Å². The van der Waals surface area contributed by atoms with Crippen LogP contribution in [0.2, 0.25) is 0 Å². The van der Waals surface area contributed by atoms with Gasteiger partial charge < -0.3 is 10.0 Å². The number of anilines is 1. The van der Waals surface area contributed by atoms with Crippen molar-refractivity contribution in [2.75, 3.05) is 18.5 Å². The summed E-state index contributed by atoms with van der Waals surface area (Å²) in [6.45, 7) is 2.37. The van der Waals surface area contributed by atoms with Crippen molar-refractivity contribution in [3.8, 4) is 0 Å². The fourth-order valence-corrected chi connectivity index (χ4v) is 2.12. The molecule has 1 aromatic rings. The van der Waals surface area contributed by atoms with Crippen molar-refractivity contribution in [2.24, 2.45) is 0 Å². The number of thiazole rings is 1. The maximum atomic E-state index is 9.11. The van der Waals surface area contributed by atoms with Gasteiger partial charge in [0.15, 0.2) is 5.13 Å². The zero-order chi connectivity index (χ0) is 9.14. The first kappa shape index (κ1) is 9.95. The normalized spacial score (nSPS) is 13.0. The highest BCUT2D eigenvalue weighted by Gasteiger charge is 2.07. The maximum Gasteiger partial charge on any atom is 0.186 e. The smallest absolute Gasteiger partial charge is 0.186 e. The summed E-state index contributed by atoms with van der Waals surface area (Å²) in [5, 5.41) is 12.0. The average Bonchev–Trinajstić information content (AvgIpc) is 2.34. The van der Waals surface area contributed by atoms with Gasteiger partial charge in [-0.3, -0.25) is 0 Å². The van der Waals surface area contributed by atoms with Crippen molar-refractivity contribution in [1.82, 2.24) is 4.98 Å². The Bertz CT molecular complexity index is 251. The molecule has 0 aliphatic rings. The number of aromatic nitrogens is 1. The number of aliphatic hydroxyl groups is 1. The van der Waals surface area contributed by atoms with Crippen LogP contribution in [0.15, 0.2) is 9.98 Å². The number of rotatable bonds is 3. The van der Waals surface area contributed by atoms with E-state index in [1.807, 2.05) is 17.3 Å². The lowest BCUT2D eigenvalue weighted by Gasteiger charge is -2.16. The monoisotopic (exact) mass is 250 g/mol. The fraction of sp³-hybridized carbons (Fsp3) is 0.571. The predicted octanol–water partition coefficient (Wildman–Crippen LogP) is 1.72. The molecule has 1 heterocycles. The number of nitrogens with zero attached hydrogens (tertiary/aromatic N) is 2. The molecule has 0 saturated heterocycles. The maximum absolute atomic E-state index is 9.11. The van der Waals surface area contributed by atoms with Crippen molar-refractivity contribution in [1.29, 1.82) is 0 Å². The lowest BCUT2D eigenvalue weighted by molar-refractivity contribution is 0.201. The van der Waals surface area contributed by atoms with Gasteiger partial charge in [-0.25, -0.2) is 4.98 Å². The number of hydrogen-bond donors (Lipinski definition) is 1. The summed E-state index contributed by atoms with van der Waals surface area (Å²) in [4.78, 5) is 6.14. The summed E-state index contributed by atoms with van der Waals surface area (Å²) in [5.41, 5.74) is 0. The van der Waals surface area contributed by atoms with E-state index in [0.717, 1.165) is 9.73 Å². The van der Waals surface area contributed by atoms with E-state index in [9.17, 15) is 0 Å². The number of hydrogen-bond acceptors (Lipinski definition) is 4. The highest BCUT2D eigenvalue weighted by Crippen LogP contribution is 2.22. The third-order valence-electron chi connectivity index (χ3n) is 1.33. The summed E-state index contributed by atoms with van der Waals surface area (Å²) in [6, 6.07) is 0. The minimum absolute atomic E-state index is 0.322. The molecule has 0 amide bonds. The number of halogens is 1. The van der Waals surface area contributed by atoms with Gasteiger partial charge in [0.25, 0.3) is 0 Å². The molecular formula is C7H11BrN2OS. The fourth-order valence-electron chi connectivity index (χ4n) is 0.895. The van der Waals surface area contributed by atoms with E-state index in [1.54, 1.807) is 18.3 Å². The summed E-state index contributed by atoms with van der Waals surface area (Å²) < 4.78 is 0.847. The Morgan fingerprint density at radius 1 is 1.83 bits per heavy atom.